The fourth-order valence-corrected chi connectivity index (χ4v) is 0.942. The van der Waals surface area contributed by atoms with Crippen LogP contribution in [0.1, 0.15) is 6.42 Å². The highest BCUT2D eigenvalue weighted by Gasteiger charge is 2.37. The molecule has 13 heavy (non-hydrogen) atoms. The van der Waals surface area contributed by atoms with Gasteiger partial charge < -0.3 is 24.5 Å². The van der Waals surface area contributed by atoms with Crippen molar-refractivity contribution in [3.05, 3.63) is 12.2 Å². The summed E-state index contributed by atoms with van der Waals surface area (Å²) in [5.41, 5.74) is -2.20. The van der Waals surface area contributed by atoms with E-state index in [-0.39, 0.29) is 0 Å². The Morgan fingerprint density at radius 1 is 1.46 bits per heavy atom. The van der Waals surface area contributed by atoms with Crippen LogP contribution in [0.5, 0.6) is 0 Å². The van der Waals surface area contributed by atoms with Crippen LogP contribution in [0, 0.1) is 0 Å². The molecule has 0 saturated heterocycles. The SMILES string of the molecule is O=C([O-])CC1(C(=O)[O-])C=CC(=O)O1. The Balaban J connectivity index is 2.91. The van der Waals surface area contributed by atoms with Crippen LogP contribution < -0.4 is 10.2 Å². The van der Waals surface area contributed by atoms with Gasteiger partial charge in [0, 0.05) is 18.5 Å². The molecule has 0 aromatic rings. The third-order valence-electron chi connectivity index (χ3n) is 1.52. The molecule has 0 aliphatic carbocycles. The predicted molar refractivity (Wildman–Crippen MR) is 32.6 cm³/mol. The van der Waals surface area contributed by atoms with Crippen molar-refractivity contribution in [1.82, 2.24) is 0 Å². The molecule has 0 saturated carbocycles. The zero-order valence-electron chi connectivity index (χ0n) is 6.31. The zero-order valence-corrected chi connectivity index (χ0v) is 6.31. The molecule has 0 bridgehead atoms. The average Bonchev–Trinajstić information content (AvgIpc) is 2.31. The first-order chi connectivity index (χ1) is 5.96. The van der Waals surface area contributed by atoms with Crippen molar-refractivity contribution in [2.24, 2.45) is 0 Å². The van der Waals surface area contributed by atoms with E-state index >= 15 is 0 Å². The van der Waals surface area contributed by atoms with Crippen molar-refractivity contribution in [1.29, 1.82) is 0 Å². The second-order valence-electron chi connectivity index (χ2n) is 2.48. The first-order valence-electron chi connectivity index (χ1n) is 3.30. The fraction of sp³-hybridized carbons (Fsp3) is 0.286. The topological polar surface area (TPSA) is 107 Å². The Morgan fingerprint density at radius 2 is 2.08 bits per heavy atom. The number of esters is 1. The quantitative estimate of drug-likeness (QED) is 0.426. The lowest BCUT2D eigenvalue weighted by atomic mass is 10.0. The van der Waals surface area contributed by atoms with Crippen LogP contribution in [0.15, 0.2) is 12.2 Å². The van der Waals surface area contributed by atoms with Gasteiger partial charge in [-0.3, -0.25) is 0 Å². The van der Waals surface area contributed by atoms with Crippen LogP contribution in [-0.2, 0) is 19.1 Å². The normalized spacial score (nSPS) is 25.7. The Morgan fingerprint density at radius 3 is 2.38 bits per heavy atom. The highest BCUT2D eigenvalue weighted by molar-refractivity contribution is 5.95. The van der Waals surface area contributed by atoms with Gasteiger partial charge >= 0.3 is 5.97 Å². The van der Waals surface area contributed by atoms with Crippen LogP contribution in [0.2, 0.25) is 0 Å². The number of hydrogen-bond donors (Lipinski definition) is 0. The van der Waals surface area contributed by atoms with Crippen LogP contribution in [0.3, 0.4) is 0 Å². The standard InChI is InChI=1S/C7H6O6/c8-4(9)3-7(6(11)12)2-1-5(10)13-7/h1-2H,3H2,(H,8,9)(H,11,12)/p-2. The molecule has 0 spiro atoms. The first kappa shape index (κ1) is 9.24. The summed E-state index contributed by atoms with van der Waals surface area (Å²) >= 11 is 0. The molecule has 0 aromatic carbocycles. The molecule has 1 aliphatic heterocycles. The molecule has 0 fully saturated rings. The minimum absolute atomic E-state index is 0.832. The summed E-state index contributed by atoms with van der Waals surface area (Å²) in [7, 11) is 0. The number of carboxylic acid groups (broad SMARTS) is 2. The summed E-state index contributed by atoms with van der Waals surface area (Å²) in [6.45, 7) is 0. The van der Waals surface area contributed by atoms with Gasteiger partial charge in [-0.05, 0) is 6.08 Å². The van der Waals surface area contributed by atoms with Gasteiger partial charge in [0.25, 0.3) is 0 Å². The Kier molecular flexibility index (Phi) is 2.05. The molecule has 0 radical (unpaired) electrons. The molecule has 1 unspecified atom stereocenters. The Labute approximate surface area is 72.4 Å². The maximum atomic E-state index is 10.5. The zero-order chi connectivity index (χ0) is 10.1. The van der Waals surface area contributed by atoms with Crippen molar-refractivity contribution in [2.75, 3.05) is 0 Å². The average molecular weight is 184 g/mol. The Bertz CT molecular complexity index is 304. The minimum Gasteiger partial charge on any atom is -0.550 e. The van der Waals surface area contributed by atoms with Gasteiger partial charge in [-0.25, -0.2) is 4.79 Å². The van der Waals surface area contributed by atoms with Crippen molar-refractivity contribution >= 4 is 17.9 Å². The first-order valence-corrected chi connectivity index (χ1v) is 3.30. The van der Waals surface area contributed by atoms with E-state index in [4.69, 9.17) is 0 Å². The van der Waals surface area contributed by atoms with Crippen LogP contribution in [0.4, 0.5) is 0 Å². The van der Waals surface area contributed by atoms with Gasteiger partial charge in [-0.15, -0.1) is 0 Å². The number of carbonyl (C=O) groups excluding carboxylic acids is 3. The summed E-state index contributed by atoms with van der Waals surface area (Å²) in [4.78, 5) is 31.1. The molecule has 70 valence electrons. The molecule has 1 atom stereocenters. The van der Waals surface area contributed by atoms with Crippen LogP contribution >= 0.6 is 0 Å². The van der Waals surface area contributed by atoms with Gasteiger partial charge in [0.2, 0.25) is 0 Å². The third kappa shape index (κ3) is 1.66. The smallest absolute Gasteiger partial charge is 0.331 e. The second kappa shape index (κ2) is 2.89. The van der Waals surface area contributed by atoms with Gasteiger partial charge in [-0.2, -0.15) is 0 Å². The highest BCUT2D eigenvalue weighted by atomic mass is 16.6. The summed E-state index contributed by atoms with van der Waals surface area (Å²) in [6, 6.07) is 0. The molecule has 6 heteroatoms. The molecule has 1 heterocycles. The minimum atomic E-state index is -2.20. The highest BCUT2D eigenvalue weighted by Crippen LogP contribution is 2.22. The monoisotopic (exact) mass is 184 g/mol. The molecule has 6 nitrogen and oxygen atoms in total. The maximum Gasteiger partial charge on any atom is 0.331 e. The lowest BCUT2D eigenvalue weighted by Crippen LogP contribution is -2.51. The summed E-state index contributed by atoms with van der Waals surface area (Å²) in [6.07, 6.45) is 0.719. The summed E-state index contributed by atoms with van der Waals surface area (Å²) in [5.74, 6) is -4.33. The molecular formula is C7H4O6-2. The van der Waals surface area contributed by atoms with Gasteiger partial charge in [0.1, 0.15) is 0 Å². The second-order valence-corrected chi connectivity index (χ2v) is 2.48. The van der Waals surface area contributed by atoms with Gasteiger partial charge in [-0.1, -0.05) is 0 Å². The Hall–Kier alpha value is -1.85. The van der Waals surface area contributed by atoms with E-state index in [9.17, 15) is 24.6 Å². The molecule has 1 rings (SSSR count). The van der Waals surface area contributed by atoms with E-state index in [1.165, 1.54) is 0 Å². The van der Waals surface area contributed by atoms with E-state index < -0.39 is 29.9 Å². The molecule has 0 aromatic heterocycles. The van der Waals surface area contributed by atoms with Crippen molar-refractivity contribution in [3.8, 4) is 0 Å². The molecule has 1 aliphatic rings. The fourth-order valence-electron chi connectivity index (χ4n) is 0.942. The molecule has 0 N–H and O–H groups in total. The number of cyclic esters (lactones) is 1. The van der Waals surface area contributed by atoms with Gasteiger partial charge in [0.15, 0.2) is 5.60 Å². The van der Waals surface area contributed by atoms with E-state index in [1.807, 2.05) is 0 Å². The maximum absolute atomic E-state index is 10.5. The van der Waals surface area contributed by atoms with Crippen molar-refractivity contribution < 1.29 is 29.3 Å². The van der Waals surface area contributed by atoms with E-state index in [1.54, 1.807) is 0 Å². The third-order valence-corrected chi connectivity index (χ3v) is 1.52. The number of hydrogen-bond acceptors (Lipinski definition) is 6. The van der Waals surface area contributed by atoms with Crippen molar-refractivity contribution in [2.45, 2.75) is 12.0 Å². The van der Waals surface area contributed by atoms with E-state index in [2.05, 4.69) is 4.74 Å². The molecular weight excluding hydrogens is 180 g/mol. The largest absolute Gasteiger partial charge is 0.550 e. The van der Waals surface area contributed by atoms with E-state index in [0.717, 1.165) is 12.2 Å². The predicted octanol–water partition coefficient (Wildman–Crippen LogP) is -3.27. The summed E-state index contributed by atoms with van der Waals surface area (Å²) < 4.78 is 4.29. The number of carboxylic acids is 2. The molecule has 0 amide bonds. The number of ether oxygens (including phenoxy) is 1. The number of rotatable bonds is 3. The van der Waals surface area contributed by atoms with Crippen LogP contribution in [0.25, 0.3) is 0 Å². The lowest BCUT2D eigenvalue weighted by molar-refractivity contribution is -0.329. The summed E-state index contributed by atoms with van der Waals surface area (Å²) in [5, 5.41) is 20.6. The van der Waals surface area contributed by atoms with E-state index in [0.29, 0.717) is 0 Å². The lowest BCUT2D eigenvalue weighted by Gasteiger charge is -2.27. The van der Waals surface area contributed by atoms with Crippen molar-refractivity contribution in [3.63, 3.8) is 0 Å². The van der Waals surface area contributed by atoms with Crippen LogP contribution in [-0.4, -0.2) is 23.5 Å². The number of carbonyl (C=O) groups is 3. The number of aliphatic carboxylic acids is 2. The van der Waals surface area contributed by atoms with Gasteiger partial charge in [0.05, 0.1) is 5.97 Å².